The van der Waals surface area contributed by atoms with Crippen molar-refractivity contribution in [2.75, 3.05) is 32.1 Å². The van der Waals surface area contributed by atoms with E-state index in [-0.39, 0.29) is 24.0 Å². The predicted molar refractivity (Wildman–Crippen MR) is 111 cm³/mol. The summed E-state index contributed by atoms with van der Waals surface area (Å²) in [5, 5.41) is 6.82. The Balaban J connectivity index is 0.00000264. The molecule has 0 heterocycles. The van der Waals surface area contributed by atoms with E-state index in [2.05, 4.69) is 72.7 Å². The van der Waals surface area contributed by atoms with Gasteiger partial charge in [0.25, 0.3) is 0 Å². The van der Waals surface area contributed by atoms with E-state index in [4.69, 9.17) is 0 Å². The maximum Gasteiger partial charge on any atom is 0.191 e. The number of rotatable bonds is 7. The van der Waals surface area contributed by atoms with E-state index in [0.29, 0.717) is 6.04 Å². The summed E-state index contributed by atoms with van der Waals surface area (Å²) < 4.78 is 0. The van der Waals surface area contributed by atoms with Crippen LogP contribution in [0.4, 0.5) is 5.69 Å². The second-order valence-electron chi connectivity index (χ2n) is 6.39. The third-order valence-electron chi connectivity index (χ3n) is 4.12. The minimum absolute atomic E-state index is 0. The molecule has 2 N–H and O–H groups in total. The summed E-state index contributed by atoms with van der Waals surface area (Å²) in [6.07, 6.45) is 3.43. The number of halogens is 1. The maximum absolute atomic E-state index is 4.68. The van der Waals surface area contributed by atoms with Gasteiger partial charge in [0.15, 0.2) is 5.96 Å². The Morgan fingerprint density at radius 1 is 1.26 bits per heavy atom. The lowest BCUT2D eigenvalue weighted by Gasteiger charge is -2.12. The van der Waals surface area contributed by atoms with Crippen LogP contribution in [0.3, 0.4) is 0 Å². The topological polar surface area (TPSA) is 39.7 Å². The summed E-state index contributed by atoms with van der Waals surface area (Å²) in [4.78, 5) is 6.80. The van der Waals surface area contributed by atoms with Crippen LogP contribution >= 0.6 is 24.0 Å². The van der Waals surface area contributed by atoms with E-state index in [1.54, 1.807) is 0 Å². The van der Waals surface area contributed by atoms with Gasteiger partial charge in [-0.3, -0.25) is 4.99 Å². The highest BCUT2D eigenvalue weighted by molar-refractivity contribution is 14.0. The fourth-order valence-electron chi connectivity index (χ4n) is 2.45. The molecule has 2 atom stereocenters. The lowest BCUT2D eigenvalue weighted by molar-refractivity contribution is 0.754. The van der Waals surface area contributed by atoms with Gasteiger partial charge in [0.2, 0.25) is 0 Å². The number of benzene rings is 1. The van der Waals surface area contributed by atoms with Crippen molar-refractivity contribution in [2.24, 2.45) is 10.9 Å². The molecule has 1 fully saturated rings. The summed E-state index contributed by atoms with van der Waals surface area (Å²) in [5.41, 5.74) is 2.63. The van der Waals surface area contributed by atoms with E-state index in [1.807, 2.05) is 0 Å². The van der Waals surface area contributed by atoms with Gasteiger partial charge in [-0.25, -0.2) is 0 Å². The number of hydrogen-bond donors (Lipinski definition) is 2. The van der Waals surface area contributed by atoms with Gasteiger partial charge in [-0.1, -0.05) is 19.1 Å². The zero-order valence-corrected chi connectivity index (χ0v) is 17.1. The fourth-order valence-corrected chi connectivity index (χ4v) is 2.45. The Bertz CT molecular complexity index is 484. The first-order chi connectivity index (χ1) is 10.6. The van der Waals surface area contributed by atoms with Gasteiger partial charge in [0.1, 0.15) is 0 Å². The molecule has 1 saturated carbocycles. The van der Waals surface area contributed by atoms with Crippen LogP contribution in [0.1, 0.15) is 32.3 Å². The molecule has 130 valence electrons. The molecule has 2 unspecified atom stereocenters. The van der Waals surface area contributed by atoms with Crippen molar-refractivity contribution < 1.29 is 0 Å². The summed E-state index contributed by atoms with van der Waals surface area (Å²) in [7, 11) is 4.14. The monoisotopic (exact) mass is 430 g/mol. The molecule has 0 spiro atoms. The molecule has 1 aliphatic carbocycles. The molecule has 0 saturated heterocycles. The number of nitrogens with zero attached hydrogens (tertiary/aromatic N) is 2. The molecule has 4 nitrogen and oxygen atoms in total. The average molecular weight is 430 g/mol. The van der Waals surface area contributed by atoms with Crippen molar-refractivity contribution in [3.05, 3.63) is 29.8 Å². The molecular formula is C18H31IN4. The van der Waals surface area contributed by atoms with Gasteiger partial charge in [-0.05, 0) is 49.8 Å². The first-order valence-electron chi connectivity index (χ1n) is 8.41. The summed E-state index contributed by atoms with van der Waals surface area (Å²) in [6.45, 7) is 6.17. The first-order valence-corrected chi connectivity index (χ1v) is 8.41. The van der Waals surface area contributed by atoms with Crippen molar-refractivity contribution in [2.45, 2.75) is 39.2 Å². The minimum Gasteiger partial charge on any atom is -0.378 e. The number of aryl methyl sites for hydroxylation is 1. The standard InChI is InChI=1S/C18H30N4.HI/c1-5-19-18(21-17-13-14(17)2)20-12-6-7-15-8-10-16(11-9-15)22(3)4;/h8-11,14,17H,5-7,12-13H2,1-4H3,(H2,19,20,21);1H. The molecule has 2 rings (SSSR count). The van der Waals surface area contributed by atoms with Crippen LogP contribution in [-0.4, -0.2) is 39.2 Å². The van der Waals surface area contributed by atoms with Crippen molar-refractivity contribution in [1.82, 2.24) is 10.6 Å². The lowest BCUT2D eigenvalue weighted by atomic mass is 10.1. The maximum atomic E-state index is 4.68. The van der Waals surface area contributed by atoms with Gasteiger partial charge < -0.3 is 15.5 Å². The normalized spacial score (nSPS) is 19.7. The second kappa shape index (κ2) is 10.0. The molecule has 0 aliphatic heterocycles. The number of guanidine groups is 1. The highest BCUT2D eigenvalue weighted by Gasteiger charge is 2.33. The largest absolute Gasteiger partial charge is 0.378 e. The van der Waals surface area contributed by atoms with Crippen molar-refractivity contribution >= 4 is 35.6 Å². The third kappa shape index (κ3) is 6.97. The van der Waals surface area contributed by atoms with Gasteiger partial charge in [-0.2, -0.15) is 0 Å². The van der Waals surface area contributed by atoms with Crippen LogP contribution in [0.25, 0.3) is 0 Å². The van der Waals surface area contributed by atoms with Crippen molar-refractivity contribution in [1.29, 1.82) is 0 Å². The predicted octanol–water partition coefficient (Wildman–Crippen LogP) is 3.27. The number of anilines is 1. The molecule has 1 aliphatic rings. The molecule has 0 aromatic heterocycles. The summed E-state index contributed by atoms with van der Waals surface area (Å²) in [6, 6.07) is 9.41. The highest BCUT2D eigenvalue weighted by atomic mass is 127. The van der Waals surface area contributed by atoms with Gasteiger partial charge >= 0.3 is 0 Å². The number of aliphatic imine (C=N–C) groups is 1. The fraction of sp³-hybridized carbons (Fsp3) is 0.611. The Kier molecular flexibility index (Phi) is 8.73. The Labute approximate surface area is 158 Å². The van der Waals surface area contributed by atoms with Crippen LogP contribution in [0, 0.1) is 5.92 Å². The van der Waals surface area contributed by atoms with E-state index < -0.39 is 0 Å². The van der Waals surface area contributed by atoms with E-state index >= 15 is 0 Å². The first kappa shape index (κ1) is 20.1. The van der Waals surface area contributed by atoms with Crippen molar-refractivity contribution in [3.8, 4) is 0 Å². The SMILES string of the molecule is CCNC(=NCCCc1ccc(N(C)C)cc1)NC1CC1C.I. The lowest BCUT2D eigenvalue weighted by Crippen LogP contribution is -2.39. The summed E-state index contributed by atoms with van der Waals surface area (Å²) >= 11 is 0. The van der Waals surface area contributed by atoms with Gasteiger partial charge in [0, 0.05) is 38.9 Å². The van der Waals surface area contributed by atoms with E-state index in [0.717, 1.165) is 37.8 Å². The molecular weight excluding hydrogens is 399 g/mol. The molecule has 1 aromatic carbocycles. The van der Waals surface area contributed by atoms with Crippen LogP contribution < -0.4 is 15.5 Å². The van der Waals surface area contributed by atoms with E-state index in [9.17, 15) is 0 Å². The Morgan fingerprint density at radius 3 is 2.43 bits per heavy atom. The highest BCUT2D eigenvalue weighted by Crippen LogP contribution is 2.28. The zero-order chi connectivity index (χ0) is 15.9. The molecule has 1 aromatic rings. The van der Waals surface area contributed by atoms with Crippen molar-refractivity contribution in [3.63, 3.8) is 0 Å². The van der Waals surface area contributed by atoms with Crippen LogP contribution in [0.2, 0.25) is 0 Å². The van der Waals surface area contributed by atoms with Gasteiger partial charge in [-0.15, -0.1) is 24.0 Å². The Morgan fingerprint density at radius 2 is 1.91 bits per heavy atom. The molecule has 0 bridgehead atoms. The molecule has 5 heteroatoms. The summed E-state index contributed by atoms with van der Waals surface area (Å²) in [5.74, 6) is 1.76. The zero-order valence-electron chi connectivity index (χ0n) is 14.8. The minimum atomic E-state index is 0. The van der Waals surface area contributed by atoms with Crippen LogP contribution in [-0.2, 0) is 6.42 Å². The third-order valence-corrected chi connectivity index (χ3v) is 4.12. The Hall–Kier alpha value is -0.980. The number of hydrogen-bond acceptors (Lipinski definition) is 2. The second-order valence-corrected chi connectivity index (χ2v) is 6.39. The smallest absolute Gasteiger partial charge is 0.191 e. The average Bonchev–Trinajstić information content (AvgIpc) is 3.19. The quantitative estimate of drug-likeness (QED) is 0.302. The van der Waals surface area contributed by atoms with Crippen LogP contribution in [0.5, 0.6) is 0 Å². The van der Waals surface area contributed by atoms with Gasteiger partial charge in [0.05, 0.1) is 0 Å². The molecule has 0 amide bonds. The number of nitrogens with one attached hydrogen (secondary N) is 2. The molecule has 23 heavy (non-hydrogen) atoms. The molecule has 0 radical (unpaired) electrons. The van der Waals surface area contributed by atoms with E-state index in [1.165, 1.54) is 17.7 Å². The van der Waals surface area contributed by atoms with Crippen LogP contribution in [0.15, 0.2) is 29.3 Å².